The van der Waals surface area contributed by atoms with Crippen LogP contribution in [0.1, 0.15) is 45.7 Å². The molecule has 0 radical (unpaired) electrons. The minimum atomic E-state index is -1.14. The van der Waals surface area contributed by atoms with Crippen molar-refractivity contribution in [2.24, 2.45) is 0 Å². The molecule has 0 heterocycles. The van der Waals surface area contributed by atoms with Crippen LogP contribution in [0.3, 0.4) is 0 Å². The summed E-state index contributed by atoms with van der Waals surface area (Å²) in [5.74, 6) is -1.76. The minimum absolute atomic E-state index is 0.0505. The Morgan fingerprint density at radius 3 is 2.14 bits per heavy atom. The Kier molecular flexibility index (Phi) is 4.72. The zero-order valence-corrected chi connectivity index (χ0v) is 11.7. The first-order chi connectivity index (χ1) is 10.1. The maximum atomic E-state index is 12.2. The van der Waals surface area contributed by atoms with Gasteiger partial charge in [0.1, 0.15) is 6.10 Å². The number of carbonyl (C=O) groups excluding carboxylic acids is 1. The summed E-state index contributed by atoms with van der Waals surface area (Å²) >= 11 is 0. The number of esters is 1. The Labute approximate surface area is 123 Å². The quantitative estimate of drug-likeness (QED) is 0.850. The number of carbonyl (C=O) groups is 2. The fourth-order valence-corrected chi connectivity index (χ4v) is 2.10. The molecule has 2 aromatic carbocycles. The van der Waals surface area contributed by atoms with Gasteiger partial charge in [-0.15, -0.1) is 0 Å². The van der Waals surface area contributed by atoms with E-state index >= 15 is 0 Å². The fraction of sp³-hybridized carbons (Fsp3) is 0.176. The summed E-state index contributed by atoms with van der Waals surface area (Å²) in [5.41, 5.74) is 0.908. The average molecular weight is 284 g/mol. The zero-order chi connectivity index (χ0) is 15.2. The van der Waals surface area contributed by atoms with Crippen LogP contribution < -0.4 is 0 Å². The molecule has 2 rings (SSSR count). The molecule has 0 unspecified atom stereocenters. The highest BCUT2D eigenvalue weighted by Gasteiger charge is 2.20. The van der Waals surface area contributed by atoms with Crippen molar-refractivity contribution in [3.05, 3.63) is 71.3 Å². The molecule has 1 N–H and O–H groups in total. The molecule has 108 valence electrons. The van der Waals surface area contributed by atoms with Gasteiger partial charge >= 0.3 is 11.9 Å². The van der Waals surface area contributed by atoms with Gasteiger partial charge in [-0.3, -0.25) is 0 Å². The standard InChI is InChI=1S/C17H16O4/c1-2-15(12-8-4-3-5-9-12)21-17(20)14-11-7-6-10-13(14)16(18)19/h3-11,15H,2H2,1H3,(H,18,19)/t15-/m1/s1. The Hall–Kier alpha value is -2.62. The molecule has 4 nitrogen and oxygen atoms in total. The summed E-state index contributed by atoms with van der Waals surface area (Å²) in [7, 11) is 0. The number of carboxylic acid groups (broad SMARTS) is 1. The van der Waals surface area contributed by atoms with Crippen molar-refractivity contribution in [2.45, 2.75) is 19.4 Å². The number of ether oxygens (including phenoxy) is 1. The van der Waals surface area contributed by atoms with Crippen molar-refractivity contribution >= 4 is 11.9 Å². The van der Waals surface area contributed by atoms with Crippen LogP contribution in [0, 0.1) is 0 Å². The van der Waals surface area contributed by atoms with Gasteiger partial charge in [-0.05, 0) is 24.1 Å². The van der Waals surface area contributed by atoms with E-state index < -0.39 is 11.9 Å². The molecule has 4 heteroatoms. The van der Waals surface area contributed by atoms with Gasteiger partial charge in [0.2, 0.25) is 0 Å². The molecule has 0 amide bonds. The van der Waals surface area contributed by atoms with E-state index in [1.807, 2.05) is 37.3 Å². The Morgan fingerprint density at radius 1 is 1.00 bits per heavy atom. The van der Waals surface area contributed by atoms with Crippen LogP contribution in [0.5, 0.6) is 0 Å². The van der Waals surface area contributed by atoms with Gasteiger partial charge in [0.15, 0.2) is 0 Å². The number of carboxylic acids is 1. The molecule has 0 saturated carbocycles. The van der Waals surface area contributed by atoms with Crippen LogP contribution in [-0.4, -0.2) is 17.0 Å². The lowest BCUT2D eigenvalue weighted by Gasteiger charge is -2.17. The molecule has 0 saturated heterocycles. The summed E-state index contributed by atoms with van der Waals surface area (Å²) in [6.45, 7) is 1.91. The van der Waals surface area contributed by atoms with Gasteiger partial charge in [0.05, 0.1) is 11.1 Å². The van der Waals surface area contributed by atoms with E-state index in [1.165, 1.54) is 12.1 Å². The first-order valence-corrected chi connectivity index (χ1v) is 6.71. The summed E-state index contributed by atoms with van der Waals surface area (Å²) in [6, 6.07) is 15.4. The van der Waals surface area contributed by atoms with Crippen LogP contribution in [0.15, 0.2) is 54.6 Å². The summed E-state index contributed by atoms with van der Waals surface area (Å²) in [6.07, 6.45) is 0.228. The van der Waals surface area contributed by atoms with Crippen molar-refractivity contribution in [2.75, 3.05) is 0 Å². The van der Waals surface area contributed by atoms with E-state index in [9.17, 15) is 9.59 Å². The highest BCUT2D eigenvalue weighted by atomic mass is 16.5. The average Bonchev–Trinajstić information content (AvgIpc) is 2.53. The van der Waals surface area contributed by atoms with Crippen molar-refractivity contribution < 1.29 is 19.4 Å². The van der Waals surface area contributed by atoms with Crippen molar-refractivity contribution in [1.29, 1.82) is 0 Å². The minimum Gasteiger partial charge on any atom is -0.478 e. The molecular formula is C17H16O4. The number of aromatic carboxylic acids is 1. The molecule has 0 spiro atoms. The van der Waals surface area contributed by atoms with Crippen molar-refractivity contribution in [3.8, 4) is 0 Å². The second kappa shape index (κ2) is 6.70. The third kappa shape index (κ3) is 3.48. The molecule has 0 bridgehead atoms. The highest BCUT2D eigenvalue weighted by molar-refractivity contribution is 6.02. The lowest BCUT2D eigenvalue weighted by molar-refractivity contribution is 0.0282. The second-order valence-electron chi connectivity index (χ2n) is 4.56. The maximum Gasteiger partial charge on any atom is 0.339 e. The first-order valence-electron chi connectivity index (χ1n) is 6.71. The first kappa shape index (κ1) is 14.8. The predicted octanol–water partition coefficient (Wildman–Crippen LogP) is 3.69. The second-order valence-corrected chi connectivity index (χ2v) is 4.56. The molecule has 21 heavy (non-hydrogen) atoms. The van der Waals surface area contributed by atoms with Gasteiger partial charge in [0.25, 0.3) is 0 Å². The normalized spacial score (nSPS) is 11.7. The summed E-state index contributed by atoms with van der Waals surface area (Å²) < 4.78 is 5.46. The van der Waals surface area contributed by atoms with Gasteiger partial charge in [-0.1, -0.05) is 49.4 Å². The smallest absolute Gasteiger partial charge is 0.339 e. The molecule has 0 aliphatic carbocycles. The van der Waals surface area contributed by atoms with Crippen LogP contribution in [0.2, 0.25) is 0 Å². The molecule has 2 aromatic rings. The molecule has 0 aliphatic heterocycles. The lowest BCUT2D eigenvalue weighted by Crippen LogP contribution is -2.14. The van der Waals surface area contributed by atoms with E-state index in [0.29, 0.717) is 6.42 Å². The third-order valence-corrected chi connectivity index (χ3v) is 3.17. The van der Waals surface area contributed by atoms with Crippen molar-refractivity contribution in [3.63, 3.8) is 0 Å². The SMILES string of the molecule is CC[C@@H](OC(=O)c1ccccc1C(=O)O)c1ccccc1. The van der Waals surface area contributed by atoms with Crippen LogP contribution in [-0.2, 0) is 4.74 Å². The zero-order valence-electron chi connectivity index (χ0n) is 11.7. The number of hydrogen-bond donors (Lipinski definition) is 1. The Balaban J connectivity index is 2.23. The summed E-state index contributed by atoms with van der Waals surface area (Å²) in [5, 5.41) is 9.12. The molecular weight excluding hydrogens is 268 g/mol. The van der Waals surface area contributed by atoms with Crippen LogP contribution in [0.4, 0.5) is 0 Å². The predicted molar refractivity (Wildman–Crippen MR) is 78.3 cm³/mol. The number of rotatable bonds is 5. The maximum absolute atomic E-state index is 12.2. The third-order valence-electron chi connectivity index (χ3n) is 3.17. The van der Waals surface area contributed by atoms with Gasteiger partial charge < -0.3 is 9.84 Å². The Morgan fingerprint density at radius 2 is 1.57 bits per heavy atom. The van der Waals surface area contributed by atoms with Gasteiger partial charge in [0, 0.05) is 0 Å². The fourth-order valence-electron chi connectivity index (χ4n) is 2.10. The molecule has 0 fully saturated rings. The lowest BCUT2D eigenvalue weighted by atomic mass is 10.1. The summed E-state index contributed by atoms with van der Waals surface area (Å²) in [4.78, 5) is 23.4. The number of benzene rings is 2. The van der Waals surface area contributed by atoms with E-state index in [-0.39, 0.29) is 17.2 Å². The Bertz CT molecular complexity index is 634. The van der Waals surface area contributed by atoms with Crippen LogP contribution in [0.25, 0.3) is 0 Å². The topological polar surface area (TPSA) is 63.6 Å². The molecule has 0 aliphatic rings. The van der Waals surface area contributed by atoms with Gasteiger partial charge in [-0.2, -0.15) is 0 Å². The van der Waals surface area contributed by atoms with Crippen LogP contribution >= 0.6 is 0 Å². The van der Waals surface area contributed by atoms with Crippen molar-refractivity contribution in [1.82, 2.24) is 0 Å². The monoisotopic (exact) mass is 284 g/mol. The van der Waals surface area contributed by atoms with E-state index in [1.54, 1.807) is 12.1 Å². The van der Waals surface area contributed by atoms with E-state index in [2.05, 4.69) is 0 Å². The largest absolute Gasteiger partial charge is 0.478 e. The highest BCUT2D eigenvalue weighted by Crippen LogP contribution is 2.23. The van der Waals surface area contributed by atoms with E-state index in [0.717, 1.165) is 5.56 Å². The molecule has 0 aromatic heterocycles. The van der Waals surface area contributed by atoms with E-state index in [4.69, 9.17) is 9.84 Å². The number of hydrogen-bond acceptors (Lipinski definition) is 3. The molecule has 1 atom stereocenters. The van der Waals surface area contributed by atoms with Gasteiger partial charge in [-0.25, -0.2) is 9.59 Å².